The Morgan fingerprint density at radius 3 is 2.62 bits per heavy atom. The van der Waals surface area contributed by atoms with E-state index in [1.165, 1.54) is 4.80 Å². The number of aromatic nitrogens is 4. The smallest absolute Gasteiger partial charge is 0.274 e. The van der Waals surface area contributed by atoms with Gasteiger partial charge >= 0.3 is 0 Å². The number of aliphatic hydroxyl groups is 1. The number of nitrogens with one attached hydrogen (secondary N) is 1. The molecule has 0 aliphatic rings. The first-order valence-corrected chi connectivity index (χ1v) is 7.56. The lowest BCUT2D eigenvalue weighted by atomic mass is 10.3. The zero-order valence-electron chi connectivity index (χ0n) is 12.6. The summed E-state index contributed by atoms with van der Waals surface area (Å²) in [6.07, 6.45) is 1.65. The first-order chi connectivity index (χ1) is 11.7. The van der Waals surface area contributed by atoms with Crippen LogP contribution < -0.4 is 5.32 Å². The van der Waals surface area contributed by atoms with Crippen LogP contribution >= 0.6 is 11.6 Å². The summed E-state index contributed by atoms with van der Waals surface area (Å²) in [5, 5.41) is 21.0. The molecule has 1 aromatic carbocycles. The number of carbonyl (C=O) groups excluding carboxylic acids is 1. The average Bonchev–Trinajstić information content (AvgIpc) is 3.05. The van der Waals surface area contributed by atoms with Gasteiger partial charge in [0.2, 0.25) is 0 Å². The van der Waals surface area contributed by atoms with Gasteiger partial charge in [-0.25, -0.2) is 0 Å². The fourth-order valence-electron chi connectivity index (χ4n) is 2.07. The number of carbonyl (C=O) groups is 1. The molecule has 3 rings (SSSR count). The number of pyridine rings is 1. The molecule has 8 heteroatoms. The van der Waals surface area contributed by atoms with Gasteiger partial charge in [-0.15, -0.1) is 10.2 Å². The van der Waals surface area contributed by atoms with Crippen molar-refractivity contribution >= 4 is 17.5 Å². The Morgan fingerprint density at radius 1 is 1.17 bits per heavy atom. The van der Waals surface area contributed by atoms with E-state index in [0.29, 0.717) is 10.7 Å². The van der Waals surface area contributed by atoms with Gasteiger partial charge in [0, 0.05) is 11.2 Å². The van der Waals surface area contributed by atoms with E-state index >= 15 is 0 Å². The lowest BCUT2D eigenvalue weighted by Gasteiger charge is -2.03. The van der Waals surface area contributed by atoms with Crippen LogP contribution in [0.1, 0.15) is 21.9 Å². The molecule has 0 bridgehead atoms. The van der Waals surface area contributed by atoms with Crippen molar-refractivity contribution in [2.24, 2.45) is 0 Å². The highest BCUT2D eigenvalue weighted by atomic mass is 35.5. The minimum atomic E-state index is -0.426. The van der Waals surface area contributed by atoms with Crippen molar-refractivity contribution in [2.45, 2.75) is 13.2 Å². The molecule has 0 fully saturated rings. The molecule has 3 aromatic rings. The minimum absolute atomic E-state index is 0.0726. The van der Waals surface area contributed by atoms with Crippen molar-refractivity contribution < 1.29 is 9.90 Å². The van der Waals surface area contributed by atoms with Gasteiger partial charge in [0.25, 0.3) is 5.91 Å². The van der Waals surface area contributed by atoms with Crippen molar-refractivity contribution in [3.05, 3.63) is 70.8 Å². The number of hydrogen-bond donors (Lipinski definition) is 2. The number of benzene rings is 1. The van der Waals surface area contributed by atoms with Gasteiger partial charge < -0.3 is 10.4 Å². The Kier molecular flexibility index (Phi) is 4.83. The maximum Gasteiger partial charge on any atom is 0.274 e. The predicted molar refractivity (Wildman–Crippen MR) is 87.7 cm³/mol. The van der Waals surface area contributed by atoms with Gasteiger partial charge in [-0.3, -0.25) is 9.78 Å². The normalized spacial score (nSPS) is 10.6. The summed E-state index contributed by atoms with van der Waals surface area (Å²) in [6.45, 7) is -0.127. The molecule has 0 aliphatic carbocycles. The minimum Gasteiger partial charge on any atom is -0.390 e. The number of rotatable bonds is 5. The van der Waals surface area contributed by atoms with E-state index in [9.17, 15) is 9.90 Å². The SMILES string of the molecule is O=C(NCc1ccccn1)c1nn(-c2ccc(Cl)cc2)nc1CO. The molecule has 0 saturated carbocycles. The third-order valence-corrected chi connectivity index (χ3v) is 3.51. The molecule has 2 N–H and O–H groups in total. The van der Waals surface area contributed by atoms with Crippen LogP contribution in [0.15, 0.2) is 48.7 Å². The second-order valence-corrected chi connectivity index (χ2v) is 5.36. The summed E-state index contributed by atoms with van der Waals surface area (Å²) in [7, 11) is 0. The van der Waals surface area contributed by atoms with Crippen LogP contribution in [-0.4, -0.2) is 31.0 Å². The van der Waals surface area contributed by atoms with Gasteiger partial charge in [-0.05, 0) is 36.4 Å². The Labute approximate surface area is 142 Å². The highest BCUT2D eigenvalue weighted by Crippen LogP contribution is 2.13. The Balaban J connectivity index is 1.79. The molecule has 0 spiro atoms. The van der Waals surface area contributed by atoms with Crippen molar-refractivity contribution in [2.75, 3.05) is 0 Å². The number of hydrogen-bond acceptors (Lipinski definition) is 5. The lowest BCUT2D eigenvalue weighted by Crippen LogP contribution is -2.25. The molecule has 0 saturated heterocycles. The van der Waals surface area contributed by atoms with Gasteiger partial charge in [-0.1, -0.05) is 17.7 Å². The van der Waals surface area contributed by atoms with Gasteiger partial charge in [0.05, 0.1) is 24.5 Å². The number of halogens is 1. The zero-order chi connectivity index (χ0) is 16.9. The standard InChI is InChI=1S/C16H14ClN5O2/c17-11-4-6-13(7-5-11)22-20-14(10-23)15(21-22)16(24)19-9-12-3-1-2-8-18-12/h1-8,23H,9-10H2,(H,19,24). The topological polar surface area (TPSA) is 92.9 Å². The first-order valence-electron chi connectivity index (χ1n) is 7.18. The Morgan fingerprint density at radius 2 is 1.96 bits per heavy atom. The van der Waals surface area contributed by atoms with E-state index in [0.717, 1.165) is 5.69 Å². The molecular weight excluding hydrogens is 330 g/mol. The summed E-state index contributed by atoms with van der Waals surface area (Å²) >= 11 is 5.85. The molecule has 2 aromatic heterocycles. The molecule has 0 unspecified atom stereocenters. The van der Waals surface area contributed by atoms with Crippen LogP contribution in [0.25, 0.3) is 5.69 Å². The van der Waals surface area contributed by atoms with Crippen molar-refractivity contribution in [3.63, 3.8) is 0 Å². The lowest BCUT2D eigenvalue weighted by molar-refractivity contribution is 0.0942. The Bertz CT molecular complexity index is 833. The van der Waals surface area contributed by atoms with Crippen LogP contribution in [0.3, 0.4) is 0 Å². The predicted octanol–water partition coefficient (Wildman–Crippen LogP) is 1.74. The van der Waals surface area contributed by atoms with E-state index in [1.54, 1.807) is 42.6 Å². The average molecular weight is 344 g/mol. The maximum atomic E-state index is 12.3. The molecule has 0 atom stereocenters. The van der Waals surface area contributed by atoms with E-state index in [-0.39, 0.29) is 24.5 Å². The number of aliphatic hydroxyl groups excluding tert-OH is 1. The number of nitrogens with zero attached hydrogens (tertiary/aromatic N) is 4. The van der Waals surface area contributed by atoms with E-state index in [4.69, 9.17) is 11.6 Å². The molecule has 0 aliphatic heterocycles. The second kappa shape index (κ2) is 7.20. The quantitative estimate of drug-likeness (QED) is 0.736. The van der Waals surface area contributed by atoms with Crippen LogP contribution in [0, 0.1) is 0 Å². The molecule has 0 radical (unpaired) electrons. The molecule has 7 nitrogen and oxygen atoms in total. The van der Waals surface area contributed by atoms with Crippen LogP contribution in [-0.2, 0) is 13.2 Å². The summed E-state index contributed by atoms with van der Waals surface area (Å²) in [5.41, 5.74) is 1.63. The third kappa shape index (κ3) is 3.58. The van der Waals surface area contributed by atoms with Gasteiger partial charge in [0.1, 0.15) is 5.69 Å². The molecule has 1 amide bonds. The van der Waals surface area contributed by atoms with Gasteiger partial charge in [-0.2, -0.15) is 4.80 Å². The van der Waals surface area contributed by atoms with Crippen molar-refractivity contribution in [1.82, 2.24) is 25.3 Å². The second-order valence-electron chi connectivity index (χ2n) is 4.92. The Hall–Kier alpha value is -2.77. The fourth-order valence-corrected chi connectivity index (χ4v) is 2.19. The summed E-state index contributed by atoms with van der Waals surface area (Å²) in [5.74, 6) is -0.426. The summed E-state index contributed by atoms with van der Waals surface area (Å²) < 4.78 is 0. The monoisotopic (exact) mass is 343 g/mol. The van der Waals surface area contributed by atoms with Crippen LogP contribution in [0.4, 0.5) is 0 Å². The maximum absolute atomic E-state index is 12.3. The number of amides is 1. The third-order valence-electron chi connectivity index (χ3n) is 3.26. The molecular formula is C16H14ClN5O2. The van der Waals surface area contributed by atoms with Crippen molar-refractivity contribution in [1.29, 1.82) is 0 Å². The van der Waals surface area contributed by atoms with Gasteiger partial charge in [0.15, 0.2) is 5.69 Å². The van der Waals surface area contributed by atoms with E-state index in [1.807, 2.05) is 6.07 Å². The highest BCUT2D eigenvalue weighted by molar-refractivity contribution is 6.30. The van der Waals surface area contributed by atoms with Crippen LogP contribution in [0.2, 0.25) is 5.02 Å². The summed E-state index contributed by atoms with van der Waals surface area (Å²) in [4.78, 5) is 17.7. The van der Waals surface area contributed by atoms with Crippen LogP contribution in [0.5, 0.6) is 0 Å². The zero-order valence-corrected chi connectivity index (χ0v) is 13.3. The molecule has 122 valence electrons. The van der Waals surface area contributed by atoms with E-state index < -0.39 is 5.91 Å². The highest BCUT2D eigenvalue weighted by Gasteiger charge is 2.18. The summed E-state index contributed by atoms with van der Waals surface area (Å²) in [6, 6.07) is 12.3. The van der Waals surface area contributed by atoms with Crippen molar-refractivity contribution in [3.8, 4) is 5.69 Å². The first kappa shape index (κ1) is 16.1. The fraction of sp³-hybridized carbons (Fsp3) is 0.125. The largest absolute Gasteiger partial charge is 0.390 e. The van der Waals surface area contributed by atoms with E-state index in [2.05, 4.69) is 20.5 Å². The molecule has 24 heavy (non-hydrogen) atoms. The molecule has 2 heterocycles.